The van der Waals surface area contributed by atoms with E-state index in [1.54, 1.807) is 0 Å². The van der Waals surface area contributed by atoms with E-state index in [1.807, 2.05) is 6.08 Å². The Hall–Kier alpha value is -2.41. The molecule has 2 atom stereocenters. The lowest BCUT2D eigenvalue weighted by Crippen LogP contribution is -2.46. The number of allylic oxidation sites excluding steroid dienone is 1. The van der Waals surface area contributed by atoms with Gasteiger partial charge in [-0.1, -0.05) is 49.4 Å². The zero-order valence-corrected chi connectivity index (χ0v) is 12.9. The molecule has 2 unspecified atom stereocenters. The van der Waals surface area contributed by atoms with E-state index in [2.05, 4.69) is 78.9 Å². The molecule has 0 bridgehead atoms. The summed E-state index contributed by atoms with van der Waals surface area (Å²) in [5.74, 6) is 0.493. The van der Waals surface area contributed by atoms with Gasteiger partial charge in [-0.25, -0.2) is 0 Å². The summed E-state index contributed by atoms with van der Waals surface area (Å²) < 4.78 is 2.46. The van der Waals surface area contributed by atoms with Crippen LogP contribution >= 0.6 is 0 Å². The molecule has 0 aliphatic carbocycles. The first kappa shape index (κ1) is 13.3. The molecule has 1 nitrogen and oxygen atoms in total. The van der Waals surface area contributed by atoms with Gasteiger partial charge in [-0.15, -0.1) is 6.58 Å². The summed E-state index contributed by atoms with van der Waals surface area (Å²) in [5, 5.41) is 2.63. The lowest BCUT2D eigenvalue weighted by atomic mass is 9.82. The Morgan fingerprint density at radius 2 is 1.82 bits per heavy atom. The molecule has 0 saturated heterocycles. The number of benzene rings is 2. The second-order valence-electron chi connectivity index (χ2n) is 6.13. The van der Waals surface area contributed by atoms with Crippen LogP contribution in [0.25, 0.3) is 22.0 Å². The monoisotopic (exact) mass is 286 g/mol. The predicted octanol–water partition coefficient (Wildman–Crippen LogP) is 5.03. The van der Waals surface area contributed by atoms with Gasteiger partial charge in [0.25, 0.3) is 0 Å². The molecule has 2 heterocycles. The molecule has 0 N–H and O–H groups in total. The zero-order valence-electron chi connectivity index (χ0n) is 12.9. The highest BCUT2D eigenvalue weighted by atomic mass is 15.0. The van der Waals surface area contributed by atoms with Crippen molar-refractivity contribution in [3.63, 3.8) is 0 Å². The first-order chi connectivity index (χ1) is 10.8. The standard InChI is InChI=1S/C21H20N/c1-3-8-20-15(2)17-10-6-7-12-19(17)21-18-11-5-4-9-16(18)13-14-22(20)21/h3-7,9-15,20H,1,8H2,2H3/q+1. The van der Waals surface area contributed by atoms with Crippen LogP contribution in [0.2, 0.25) is 0 Å². The summed E-state index contributed by atoms with van der Waals surface area (Å²) in [6.07, 6.45) is 5.28. The van der Waals surface area contributed by atoms with Crippen LogP contribution in [-0.4, -0.2) is 0 Å². The van der Waals surface area contributed by atoms with Gasteiger partial charge in [-0.3, -0.25) is 0 Å². The molecule has 0 radical (unpaired) electrons. The number of hydrogen-bond acceptors (Lipinski definition) is 0. The van der Waals surface area contributed by atoms with Gasteiger partial charge in [0.15, 0.2) is 12.2 Å². The highest BCUT2D eigenvalue weighted by molar-refractivity contribution is 5.93. The quantitative estimate of drug-likeness (QED) is 0.459. The van der Waals surface area contributed by atoms with Gasteiger partial charge in [0.2, 0.25) is 5.69 Å². The minimum atomic E-state index is 0.437. The second kappa shape index (κ2) is 5.10. The van der Waals surface area contributed by atoms with E-state index in [-0.39, 0.29) is 0 Å². The first-order valence-corrected chi connectivity index (χ1v) is 7.94. The Morgan fingerprint density at radius 1 is 1.05 bits per heavy atom. The van der Waals surface area contributed by atoms with Gasteiger partial charge in [0.1, 0.15) is 0 Å². The largest absolute Gasteiger partial charge is 0.220 e. The smallest absolute Gasteiger partial charge is 0.194 e. The number of nitrogens with zero attached hydrogens (tertiary/aromatic N) is 1. The van der Waals surface area contributed by atoms with E-state index in [4.69, 9.17) is 0 Å². The van der Waals surface area contributed by atoms with Gasteiger partial charge in [0.05, 0.1) is 10.9 Å². The average Bonchev–Trinajstić information content (AvgIpc) is 2.58. The second-order valence-corrected chi connectivity index (χ2v) is 6.13. The van der Waals surface area contributed by atoms with Crippen LogP contribution in [0.1, 0.15) is 30.9 Å². The van der Waals surface area contributed by atoms with Crippen molar-refractivity contribution in [1.82, 2.24) is 0 Å². The van der Waals surface area contributed by atoms with Crippen LogP contribution in [0.15, 0.2) is 73.4 Å². The molecule has 1 aliphatic rings. The Kier molecular flexibility index (Phi) is 3.07. The summed E-state index contributed by atoms with van der Waals surface area (Å²) >= 11 is 0. The fourth-order valence-corrected chi connectivity index (χ4v) is 3.84. The van der Waals surface area contributed by atoms with Crippen molar-refractivity contribution in [3.8, 4) is 11.3 Å². The minimum Gasteiger partial charge on any atom is -0.194 e. The molecule has 0 amide bonds. The highest BCUT2D eigenvalue weighted by Gasteiger charge is 2.37. The molecular formula is C21H20N+. The topological polar surface area (TPSA) is 3.88 Å². The number of hydrogen-bond donors (Lipinski definition) is 0. The normalized spacial score (nSPS) is 19.5. The lowest BCUT2D eigenvalue weighted by Gasteiger charge is -2.28. The van der Waals surface area contributed by atoms with E-state index >= 15 is 0 Å². The third-order valence-corrected chi connectivity index (χ3v) is 4.94. The Bertz CT molecular complexity index is 863. The van der Waals surface area contributed by atoms with Crippen molar-refractivity contribution >= 4 is 10.8 Å². The van der Waals surface area contributed by atoms with Crippen LogP contribution in [0.4, 0.5) is 0 Å². The van der Waals surface area contributed by atoms with Crippen LogP contribution in [0.3, 0.4) is 0 Å². The van der Waals surface area contributed by atoms with Crippen LogP contribution < -0.4 is 4.57 Å². The molecule has 0 spiro atoms. The molecule has 1 aliphatic heterocycles. The van der Waals surface area contributed by atoms with Gasteiger partial charge in [-0.05, 0) is 23.1 Å². The Morgan fingerprint density at radius 3 is 2.68 bits per heavy atom. The van der Waals surface area contributed by atoms with Gasteiger partial charge >= 0.3 is 0 Å². The van der Waals surface area contributed by atoms with E-state index < -0.39 is 0 Å². The van der Waals surface area contributed by atoms with Crippen molar-refractivity contribution in [1.29, 1.82) is 0 Å². The molecule has 3 aromatic rings. The van der Waals surface area contributed by atoms with Crippen LogP contribution in [0.5, 0.6) is 0 Å². The van der Waals surface area contributed by atoms with E-state index in [0.29, 0.717) is 12.0 Å². The molecule has 0 fully saturated rings. The van der Waals surface area contributed by atoms with Crippen molar-refractivity contribution < 1.29 is 4.57 Å². The van der Waals surface area contributed by atoms with E-state index in [9.17, 15) is 0 Å². The van der Waals surface area contributed by atoms with E-state index in [1.165, 1.54) is 27.6 Å². The maximum Gasteiger partial charge on any atom is 0.220 e. The fraction of sp³-hybridized carbons (Fsp3) is 0.190. The fourth-order valence-electron chi connectivity index (χ4n) is 3.84. The third kappa shape index (κ3) is 1.82. The van der Waals surface area contributed by atoms with Crippen LogP contribution in [-0.2, 0) is 0 Å². The molecule has 1 heteroatoms. The van der Waals surface area contributed by atoms with Gasteiger partial charge < -0.3 is 0 Å². The summed E-state index contributed by atoms with van der Waals surface area (Å²) in [4.78, 5) is 0. The predicted molar refractivity (Wildman–Crippen MR) is 91.8 cm³/mol. The van der Waals surface area contributed by atoms with E-state index in [0.717, 1.165) is 6.42 Å². The lowest BCUT2D eigenvalue weighted by molar-refractivity contribution is -0.716. The summed E-state index contributed by atoms with van der Waals surface area (Å²) in [6, 6.07) is 20.2. The number of aromatic nitrogens is 1. The third-order valence-electron chi connectivity index (χ3n) is 4.94. The summed E-state index contributed by atoms with van der Waals surface area (Å²) in [6.45, 7) is 6.30. The molecule has 22 heavy (non-hydrogen) atoms. The van der Waals surface area contributed by atoms with Gasteiger partial charge in [0, 0.05) is 18.4 Å². The van der Waals surface area contributed by atoms with Crippen molar-refractivity contribution in [2.45, 2.75) is 25.3 Å². The van der Waals surface area contributed by atoms with Crippen LogP contribution in [0, 0.1) is 0 Å². The molecule has 0 saturated carbocycles. The maximum atomic E-state index is 3.97. The number of fused-ring (bicyclic) bond motifs is 5. The molecule has 108 valence electrons. The Balaban J connectivity index is 2.11. The van der Waals surface area contributed by atoms with Crippen molar-refractivity contribution in [2.75, 3.05) is 0 Å². The van der Waals surface area contributed by atoms with Gasteiger partial charge in [-0.2, -0.15) is 4.57 Å². The molecule has 1 aromatic heterocycles. The SMILES string of the molecule is C=CCC1C(C)c2ccccc2-c2c3ccccc3cc[n+]21. The van der Waals surface area contributed by atoms with Crippen molar-refractivity contribution in [3.05, 3.63) is 79.0 Å². The minimum absolute atomic E-state index is 0.437. The maximum absolute atomic E-state index is 3.97. The van der Waals surface area contributed by atoms with Crippen molar-refractivity contribution in [2.24, 2.45) is 0 Å². The summed E-state index contributed by atoms with van der Waals surface area (Å²) in [7, 11) is 0. The molecule has 2 aromatic carbocycles. The first-order valence-electron chi connectivity index (χ1n) is 7.94. The number of rotatable bonds is 2. The Labute approximate surface area is 131 Å². The number of pyridine rings is 1. The summed E-state index contributed by atoms with van der Waals surface area (Å²) in [5.41, 5.74) is 4.16. The molecular weight excluding hydrogens is 266 g/mol. The average molecular weight is 286 g/mol. The molecule has 4 rings (SSSR count). The zero-order chi connectivity index (χ0) is 15.1. The highest BCUT2D eigenvalue weighted by Crippen LogP contribution is 2.41.